The normalized spacial score (nSPS) is 11.6. The van der Waals surface area contributed by atoms with Crippen molar-refractivity contribution in [2.75, 3.05) is 26.5 Å². The highest BCUT2D eigenvalue weighted by atomic mass is 35.5. The molecule has 0 saturated heterocycles. The maximum absolute atomic E-state index is 5.85. The van der Waals surface area contributed by atoms with Crippen molar-refractivity contribution >= 4 is 22.8 Å². The van der Waals surface area contributed by atoms with Crippen molar-refractivity contribution in [3.8, 4) is 0 Å². The van der Waals surface area contributed by atoms with E-state index in [1.807, 2.05) is 19.1 Å². The van der Waals surface area contributed by atoms with Crippen molar-refractivity contribution in [2.24, 2.45) is 0 Å². The number of likely N-dealkylation sites (N-methyl/N-ethyl adjacent to an activating group) is 1. The zero-order chi connectivity index (χ0) is 13.1. The fraction of sp³-hybridized carbons (Fsp3) is 0.538. The minimum absolute atomic E-state index is 0.588. The third-order valence-electron chi connectivity index (χ3n) is 2.90. The molecule has 0 aliphatic carbocycles. The highest BCUT2D eigenvalue weighted by Gasteiger charge is 2.11. The first kappa shape index (κ1) is 13.3. The van der Waals surface area contributed by atoms with Gasteiger partial charge in [-0.2, -0.15) is 0 Å². The van der Waals surface area contributed by atoms with Crippen LogP contribution in [0, 0.1) is 6.92 Å². The number of aryl methyl sites for hydroxylation is 2. The maximum Gasteiger partial charge on any atom is 0.160 e. The second-order valence-corrected chi connectivity index (χ2v) is 5.10. The van der Waals surface area contributed by atoms with E-state index in [1.54, 1.807) is 0 Å². The fourth-order valence-corrected chi connectivity index (χ4v) is 2.12. The smallest absolute Gasteiger partial charge is 0.160 e. The van der Waals surface area contributed by atoms with Crippen LogP contribution in [0.5, 0.6) is 0 Å². The summed E-state index contributed by atoms with van der Waals surface area (Å²) >= 11 is 5.85. The zero-order valence-electron chi connectivity index (χ0n) is 11.1. The minimum atomic E-state index is 0.588. The number of nitrogens with zero attached hydrogens (tertiary/aromatic N) is 4. The quantitative estimate of drug-likeness (QED) is 0.777. The van der Waals surface area contributed by atoms with Gasteiger partial charge in [0.2, 0.25) is 0 Å². The Kier molecular flexibility index (Phi) is 4.19. The van der Waals surface area contributed by atoms with Crippen LogP contribution in [0.25, 0.3) is 11.2 Å². The molecule has 0 atom stereocenters. The summed E-state index contributed by atoms with van der Waals surface area (Å²) in [6.07, 6.45) is 0.782. The van der Waals surface area contributed by atoms with E-state index in [0.717, 1.165) is 42.2 Å². The van der Waals surface area contributed by atoms with Gasteiger partial charge in [-0.15, -0.1) is 11.6 Å². The third-order valence-corrected chi connectivity index (χ3v) is 3.09. The molecule has 0 aliphatic rings. The summed E-state index contributed by atoms with van der Waals surface area (Å²) in [5, 5.41) is 0. The van der Waals surface area contributed by atoms with Crippen LogP contribution in [-0.2, 0) is 13.0 Å². The lowest BCUT2D eigenvalue weighted by atomic mass is 10.3. The van der Waals surface area contributed by atoms with Crippen LogP contribution in [0.3, 0.4) is 0 Å². The zero-order valence-corrected chi connectivity index (χ0v) is 11.9. The maximum atomic E-state index is 5.85. The standard InChI is InChI=1S/C13H19ClN4/c1-10-4-5-11-13(15-10)18(9-8-17(2)3)12(16-11)6-7-14/h4-5H,6-9H2,1-3H3. The first-order valence-corrected chi connectivity index (χ1v) is 6.68. The van der Waals surface area contributed by atoms with Crippen LogP contribution < -0.4 is 0 Å². The fourth-order valence-electron chi connectivity index (χ4n) is 1.95. The van der Waals surface area contributed by atoms with Gasteiger partial charge in [-0.25, -0.2) is 9.97 Å². The van der Waals surface area contributed by atoms with Gasteiger partial charge in [0.1, 0.15) is 11.3 Å². The molecule has 0 fully saturated rings. The van der Waals surface area contributed by atoms with Crippen LogP contribution in [0.4, 0.5) is 0 Å². The lowest BCUT2D eigenvalue weighted by Crippen LogP contribution is -2.20. The van der Waals surface area contributed by atoms with Gasteiger partial charge in [0.05, 0.1) is 0 Å². The summed E-state index contributed by atoms with van der Waals surface area (Å²) in [5.41, 5.74) is 2.95. The predicted octanol–water partition coefficient (Wildman–Crippen LogP) is 2.08. The van der Waals surface area contributed by atoms with Crippen molar-refractivity contribution < 1.29 is 0 Å². The molecular formula is C13H19ClN4. The first-order chi connectivity index (χ1) is 8.61. The van der Waals surface area contributed by atoms with E-state index in [9.17, 15) is 0 Å². The summed E-state index contributed by atoms with van der Waals surface area (Å²) in [5.74, 6) is 1.62. The third kappa shape index (κ3) is 2.82. The summed E-state index contributed by atoms with van der Waals surface area (Å²) in [6, 6.07) is 4.03. The van der Waals surface area contributed by atoms with E-state index < -0.39 is 0 Å². The lowest BCUT2D eigenvalue weighted by molar-refractivity contribution is 0.383. The number of aromatic nitrogens is 3. The van der Waals surface area contributed by atoms with E-state index in [0.29, 0.717) is 5.88 Å². The summed E-state index contributed by atoms with van der Waals surface area (Å²) in [4.78, 5) is 11.4. The minimum Gasteiger partial charge on any atom is -0.311 e. The Morgan fingerprint density at radius 2 is 2.06 bits per heavy atom. The average Bonchev–Trinajstić information content (AvgIpc) is 2.64. The summed E-state index contributed by atoms with van der Waals surface area (Å²) in [6.45, 7) is 3.87. The molecule has 2 aromatic heterocycles. The van der Waals surface area contributed by atoms with Crippen LogP contribution in [0.1, 0.15) is 11.5 Å². The van der Waals surface area contributed by atoms with Gasteiger partial charge >= 0.3 is 0 Å². The van der Waals surface area contributed by atoms with Crippen molar-refractivity contribution in [2.45, 2.75) is 19.9 Å². The lowest BCUT2D eigenvalue weighted by Gasteiger charge is -2.12. The largest absolute Gasteiger partial charge is 0.311 e. The number of hydrogen-bond donors (Lipinski definition) is 0. The van der Waals surface area contributed by atoms with Crippen molar-refractivity contribution in [1.29, 1.82) is 0 Å². The molecule has 0 amide bonds. The van der Waals surface area contributed by atoms with Crippen LogP contribution in [-0.4, -0.2) is 46.0 Å². The van der Waals surface area contributed by atoms with Gasteiger partial charge < -0.3 is 9.47 Å². The van der Waals surface area contributed by atoms with Gasteiger partial charge in [0.25, 0.3) is 0 Å². The van der Waals surface area contributed by atoms with Gasteiger partial charge in [0, 0.05) is 31.1 Å². The molecule has 0 bridgehead atoms. The molecule has 2 aromatic rings. The van der Waals surface area contributed by atoms with Crippen molar-refractivity contribution in [3.63, 3.8) is 0 Å². The molecule has 0 aliphatic heterocycles. The Morgan fingerprint density at radius 1 is 1.28 bits per heavy atom. The van der Waals surface area contributed by atoms with Gasteiger partial charge in [0.15, 0.2) is 5.65 Å². The number of imidazole rings is 1. The second kappa shape index (κ2) is 5.67. The van der Waals surface area contributed by atoms with Crippen LogP contribution in [0.15, 0.2) is 12.1 Å². The first-order valence-electron chi connectivity index (χ1n) is 6.15. The highest BCUT2D eigenvalue weighted by molar-refractivity contribution is 6.17. The SMILES string of the molecule is Cc1ccc2nc(CCCl)n(CCN(C)C)c2n1. The molecule has 5 heteroatoms. The molecule has 18 heavy (non-hydrogen) atoms. The topological polar surface area (TPSA) is 34.0 Å². The van der Waals surface area contributed by atoms with E-state index in [1.165, 1.54) is 0 Å². The van der Waals surface area contributed by atoms with Gasteiger partial charge in [-0.1, -0.05) is 0 Å². The van der Waals surface area contributed by atoms with Crippen molar-refractivity contribution in [1.82, 2.24) is 19.4 Å². The average molecular weight is 267 g/mol. The monoisotopic (exact) mass is 266 g/mol. The number of fused-ring (bicyclic) bond motifs is 1. The van der Waals surface area contributed by atoms with Crippen LogP contribution in [0.2, 0.25) is 0 Å². The highest BCUT2D eigenvalue weighted by Crippen LogP contribution is 2.15. The molecule has 0 unspecified atom stereocenters. The molecule has 0 spiro atoms. The molecule has 98 valence electrons. The summed E-state index contributed by atoms with van der Waals surface area (Å²) < 4.78 is 2.19. The van der Waals surface area contributed by atoms with Gasteiger partial charge in [-0.05, 0) is 33.2 Å². The molecule has 0 N–H and O–H groups in total. The van der Waals surface area contributed by atoms with E-state index in [2.05, 4.69) is 33.5 Å². The molecular weight excluding hydrogens is 248 g/mol. The molecule has 0 saturated carbocycles. The Morgan fingerprint density at radius 3 is 2.72 bits per heavy atom. The second-order valence-electron chi connectivity index (χ2n) is 4.72. The molecule has 4 nitrogen and oxygen atoms in total. The number of hydrogen-bond acceptors (Lipinski definition) is 3. The number of rotatable bonds is 5. The summed E-state index contributed by atoms with van der Waals surface area (Å²) in [7, 11) is 4.14. The Hall–Kier alpha value is -1.13. The Labute approximate surface area is 113 Å². The number of halogens is 1. The Balaban J connectivity index is 2.43. The number of alkyl halides is 1. The molecule has 0 radical (unpaired) electrons. The predicted molar refractivity (Wildman–Crippen MR) is 75.2 cm³/mol. The van der Waals surface area contributed by atoms with E-state index in [4.69, 9.17) is 11.6 Å². The molecule has 2 rings (SSSR count). The van der Waals surface area contributed by atoms with E-state index >= 15 is 0 Å². The Bertz CT molecular complexity index is 533. The molecule has 0 aromatic carbocycles. The van der Waals surface area contributed by atoms with Gasteiger partial charge in [-0.3, -0.25) is 0 Å². The van der Waals surface area contributed by atoms with Crippen LogP contribution >= 0.6 is 11.6 Å². The molecule has 2 heterocycles. The van der Waals surface area contributed by atoms with E-state index in [-0.39, 0.29) is 0 Å². The van der Waals surface area contributed by atoms with Crippen molar-refractivity contribution in [3.05, 3.63) is 23.7 Å². The number of pyridine rings is 1.